The lowest BCUT2D eigenvalue weighted by atomic mass is 10.2. The molecule has 0 aliphatic rings. The molecule has 3 aromatic rings. The molecule has 0 fully saturated rings. The SMILES string of the molecule is O=S(=O)([O-])c1cccc(P(c2ccccc2C(F)(F)F)c2ccccc2C(F)(F)F)c1. The minimum absolute atomic E-state index is 0.139. The molecule has 0 aromatic heterocycles. The van der Waals surface area contributed by atoms with Crippen LogP contribution in [-0.4, -0.2) is 13.0 Å². The van der Waals surface area contributed by atoms with Gasteiger partial charge in [0, 0.05) is 0 Å². The third kappa shape index (κ3) is 5.08. The number of alkyl halides is 6. The smallest absolute Gasteiger partial charge is 0.417 e. The molecule has 3 rings (SSSR count). The summed E-state index contributed by atoms with van der Waals surface area (Å²) in [5, 5.41) is -1.02. The molecule has 11 heteroatoms. The van der Waals surface area contributed by atoms with E-state index in [0.717, 1.165) is 54.6 Å². The van der Waals surface area contributed by atoms with Crippen molar-refractivity contribution < 1.29 is 39.3 Å². The second-order valence-corrected chi connectivity index (χ2v) is 9.85. The molecule has 0 saturated carbocycles. The van der Waals surface area contributed by atoms with E-state index >= 15 is 0 Å². The summed E-state index contributed by atoms with van der Waals surface area (Å²) in [5.74, 6) is 0. The van der Waals surface area contributed by atoms with Crippen LogP contribution >= 0.6 is 7.92 Å². The maximum absolute atomic E-state index is 13.7. The minimum Gasteiger partial charge on any atom is -0.744 e. The average Bonchev–Trinajstić information content (AvgIpc) is 2.67. The molecule has 0 aliphatic heterocycles. The van der Waals surface area contributed by atoms with Gasteiger partial charge in [0.25, 0.3) is 0 Å². The van der Waals surface area contributed by atoms with Crippen molar-refractivity contribution in [2.45, 2.75) is 17.2 Å². The monoisotopic (exact) mass is 477 g/mol. The van der Waals surface area contributed by atoms with Crippen molar-refractivity contribution in [1.29, 1.82) is 0 Å². The first-order chi connectivity index (χ1) is 14.3. The van der Waals surface area contributed by atoms with E-state index in [0.29, 0.717) is 0 Å². The van der Waals surface area contributed by atoms with Crippen LogP contribution < -0.4 is 15.9 Å². The highest BCUT2D eigenvalue weighted by molar-refractivity contribution is 7.86. The average molecular weight is 477 g/mol. The number of benzene rings is 3. The van der Waals surface area contributed by atoms with Crippen molar-refractivity contribution in [2.75, 3.05) is 0 Å². The Morgan fingerprint density at radius 3 is 1.55 bits per heavy atom. The van der Waals surface area contributed by atoms with Gasteiger partial charge in [-0.1, -0.05) is 48.5 Å². The number of hydrogen-bond acceptors (Lipinski definition) is 3. The second kappa shape index (κ2) is 8.26. The molecule has 0 atom stereocenters. The van der Waals surface area contributed by atoms with Gasteiger partial charge in [-0.3, -0.25) is 0 Å². The molecule has 31 heavy (non-hydrogen) atoms. The largest absolute Gasteiger partial charge is 0.744 e. The zero-order valence-electron chi connectivity index (χ0n) is 15.3. The lowest BCUT2D eigenvalue weighted by Gasteiger charge is -2.26. The van der Waals surface area contributed by atoms with Crippen molar-refractivity contribution in [3.63, 3.8) is 0 Å². The highest BCUT2D eigenvalue weighted by atomic mass is 32.2. The molecule has 0 unspecified atom stereocenters. The predicted octanol–water partition coefficient (Wildman–Crippen LogP) is 4.39. The lowest BCUT2D eigenvalue weighted by molar-refractivity contribution is -0.137. The first-order valence-corrected chi connectivity index (χ1v) is 11.2. The number of halogens is 6. The van der Waals surface area contributed by atoms with Crippen LogP contribution in [-0.2, 0) is 22.5 Å². The van der Waals surface area contributed by atoms with Crippen LogP contribution in [0, 0.1) is 0 Å². The summed E-state index contributed by atoms with van der Waals surface area (Å²) in [6, 6.07) is 12.4. The topological polar surface area (TPSA) is 57.2 Å². The van der Waals surface area contributed by atoms with E-state index in [4.69, 9.17) is 0 Å². The zero-order valence-corrected chi connectivity index (χ0v) is 17.0. The van der Waals surface area contributed by atoms with Crippen LogP contribution in [0.3, 0.4) is 0 Å². The minimum atomic E-state index is -4.98. The summed E-state index contributed by atoms with van der Waals surface area (Å²) in [6.07, 6.45) is -9.74. The summed E-state index contributed by atoms with van der Waals surface area (Å²) >= 11 is 0. The van der Waals surface area contributed by atoms with Crippen molar-refractivity contribution in [3.05, 3.63) is 83.9 Å². The van der Waals surface area contributed by atoms with Gasteiger partial charge in [0.05, 0.1) is 16.0 Å². The van der Waals surface area contributed by atoms with Gasteiger partial charge in [0.15, 0.2) is 0 Å². The molecule has 0 saturated heterocycles. The van der Waals surface area contributed by atoms with Gasteiger partial charge in [0.2, 0.25) is 0 Å². The first-order valence-electron chi connectivity index (χ1n) is 8.48. The van der Waals surface area contributed by atoms with E-state index < -0.39 is 57.0 Å². The zero-order chi connectivity index (χ0) is 23.0. The summed E-state index contributed by atoms with van der Waals surface area (Å²) in [5.41, 5.74) is -2.29. The number of rotatable bonds is 4. The fourth-order valence-electron chi connectivity index (χ4n) is 3.00. The maximum atomic E-state index is 13.7. The fourth-order valence-corrected chi connectivity index (χ4v) is 6.28. The van der Waals surface area contributed by atoms with Crippen molar-refractivity contribution in [1.82, 2.24) is 0 Å². The van der Waals surface area contributed by atoms with E-state index in [9.17, 15) is 39.3 Å². The molecule has 3 nitrogen and oxygen atoms in total. The van der Waals surface area contributed by atoms with E-state index in [2.05, 4.69) is 0 Å². The van der Waals surface area contributed by atoms with E-state index in [1.807, 2.05) is 0 Å². The summed E-state index contributed by atoms with van der Waals surface area (Å²) in [6.45, 7) is 0. The maximum Gasteiger partial charge on any atom is 0.417 e. The Morgan fingerprint density at radius 2 is 1.13 bits per heavy atom. The van der Waals surface area contributed by atoms with E-state index in [1.165, 1.54) is 18.2 Å². The van der Waals surface area contributed by atoms with Crippen LogP contribution in [0.15, 0.2) is 77.7 Å². The third-order valence-corrected chi connectivity index (χ3v) is 7.63. The summed E-state index contributed by atoms with van der Waals surface area (Å²) < 4.78 is 116. The molecule has 3 aromatic carbocycles. The van der Waals surface area contributed by atoms with Crippen LogP contribution in [0.5, 0.6) is 0 Å². The summed E-state index contributed by atoms with van der Waals surface area (Å²) in [4.78, 5) is -0.744. The highest BCUT2D eigenvalue weighted by Crippen LogP contribution is 2.43. The Bertz CT molecular complexity index is 1150. The molecule has 0 radical (unpaired) electrons. The third-order valence-electron chi connectivity index (χ3n) is 4.27. The summed E-state index contributed by atoms with van der Waals surface area (Å²) in [7, 11) is -7.51. The molecule has 0 bridgehead atoms. The molecule has 0 N–H and O–H groups in total. The van der Waals surface area contributed by atoms with Gasteiger partial charge in [-0.25, -0.2) is 8.42 Å². The molecular formula is C20H12F6O3PS-. The van der Waals surface area contributed by atoms with Crippen LogP contribution in [0.2, 0.25) is 0 Å². The second-order valence-electron chi connectivity index (χ2n) is 6.32. The first kappa shape index (κ1) is 23.2. The van der Waals surface area contributed by atoms with Crippen molar-refractivity contribution in [2.24, 2.45) is 0 Å². The van der Waals surface area contributed by atoms with Crippen molar-refractivity contribution >= 4 is 34.0 Å². The highest BCUT2D eigenvalue weighted by Gasteiger charge is 2.39. The van der Waals surface area contributed by atoms with Crippen LogP contribution in [0.1, 0.15) is 11.1 Å². The molecule has 0 amide bonds. The van der Waals surface area contributed by atoms with Gasteiger partial charge in [0.1, 0.15) is 10.1 Å². The van der Waals surface area contributed by atoms with Crippen LogP contribution in [0.4, 0.5) is 26.3 Å². The van der Waals surface area contributed by atoms with Gasteiger partial charge < -0.3 is 4.55 Å². The fraction of sp³-hybridized carbons (Fsp3) is 0.100. The van der Waals surface area contributed by atoms with Crippen LogP contribution in [0.25, 0.3) is 0 Å². The standard InChI is InChI=1S/C20H13F6O3PS/c21-19(22,23)15-8-1-3-10-17(15)30(13-6-5-7-14(12-13)31(27,28)29)18-11-4-2-9-16(18)20(24,25)26/h1-12H,(H,27,28,29)/p-1. The lowest BCUT2D eigenvalue weighted by Crippen LogP contribution is -2.30. The Labute approximate surface area is 174 Å². The quantitative estimate of drug-likeness (QED) is 0.318. The Hall–Kier alpha value is -2.42. The molecule has 0 aliphatic carbocycles. The molecule has 164 valence electrons. The predicted molar refractivity (Wildman–Crippen MR) is 103 cm³/mol. The van der Waals surface area contributed by atoms with E-state index in [-0.39, 0.29) is 5.30 Å². The normalized spacial score (nSPS) is 12.9. The van der Waals surface area contributed by atoms with E-state index in [1.54, 1.807) is 0 Å². The molecular weight excluding hydrogens is 465 g/mol. The Kier molecular flexibility index (Phi) is 6.19. The van der Waals surface area contributed by atoms with Gasteiger partial charge in [-0.2, -0.15) is 26.3 Å². The van der Waals surface area contributed by atoms with Gasteiger partial charge >= 0.3 is 12.4 Å². The van der Waals surface area contributed by atoms with Gasteiger partial charge in [-0.05, 0) is 48.1 Å². The van der Waals surface area contributed by atoms with Crippen molar-refractivity contribution in [3.8, 4) is 0 Å². The Morgan fingerprint density at radius 1 is 0.677 bits per heavy atom. The molecule has 0 heterocycles. The van der Waals surface area contributed by atoms with Gasteiger partial charge in [-0.15, -0.1) is 0 Å². The number of hydrogen-bond donors (Lipinski definition) is 0. The Balaban J connectivity index is 2.40. The molecule has 0 spiro atoms.